The number of carbonyl (C=O) groups excluding carboxylic acids is 1. The Morgan fingerprint density at radius 1 is 1.39 bits per heavy atom. The van der Waals surface area contributed by atoms with Crippen molar-refractivity contribution in [3.63, 3.8) is 0 Å². The number of carbonyl (C=O) groups is 1. The van der Waals surface area contributed by atoms with Crippen molar-refractivity contribution in [3.8, 4) is 11.8 Å². The summed E-state index contributed by atoms with van der Waals surface area (Å²) in [4.78, 5) is 16.4. The van der Waals surface area contributed by atoms with Crippen molar-refractivity contribution in [2.45, 2.75) is 31.4 Å². The average Bonchev–Trinajstić information content (AvgIpc) is 2.58. The summed E-state index contributed by atoms with van der Waals surface area (Å²) in [5.41, 5.74) is 0. The van der Waals surface area contributed by atoms with Crippen LogP contribution in [0.5, 0.6) is 11.8 Å². The molecule has 2 N–H and O–H groups in total. The number of rotatable bonds is 6. The lowest BCUT2D eigenvalue weighted by molar-refractivity contribution is -0.145. The van der Waals surface area contributed by atoms with Gasteiger partial charge in [-0.25, -0.2) is 4.79 Å². The Hall–Kier alpha value is -0.950. The van der Waals surface area contributed by atoms with Gasteiger partial charge in [-0.2, -0.15) is 0 Å². The van der Waals surface area contributed by atoms with E-state index in [-0.39, 0.29) is 22.9 Å². The van der Waals surface area contributed by atoms with Gasteiger partial charge in [0.15, 0.2) is 0 Å². The standard InChI is InChI=1S/C11H17NO4S2/c1-11(2,18-17-3)7-6-10(15)16-12-8(13)4-5-9(12)14/h4-5,13-14H,6-7H2,1-3H3. The Bertz CT molecular complexity index is 398. The van der Waals surface area contributed by atoms with E-state index < -0.39 is 5.97 Å². The van der Waals surface area contributed by atoms with Gasteiger partial charge in [-0.05, 0) is 26.5 Å². The van der Waals surface area contributed by atoms with Crippen LogP contribution in [0.1, 0.15) is 26.7 Å². The van der Waals surface area contributed by atoms with E-state index >= 15 is 0 Å². The van der Waals surface area contributed by atoms with Crippen molar-refractivity contribution in [3.05, 3.63) is 12.1 Å². The molecule has 0 fully saturated rings. The maximum absolute atomic E-state index is 11.6. The third kappa shape index (κ3) is 4.38. The van der Waals surface area contributed by atoms with Crippen molar-refractivity contribution in [1.82, 2.24) is 4.73 Å². The first-order chi connectivity index (χ1) is 8.35. The lowest BCUT2D eigenvalue weighted by Crippen LogP contribution is -2.22. The molecule has 0 aliphatic carbocycles. The molecule has 0 radical (unpaired) electrons. The molecule has 1 heterocycles. The minimum absolute atomic E-state index is 0.0286. The molecular weight excluding hydrogens is 274 g/mol. The van der Waals surface area contributed by atoms with Crippen molar-refractivity contribution in [2.24, 2.45) is 0 Å². The van der Waals surface area contributed by atoms with E-state index in [2.05, 4.69) is 0 Å². The highest BCUT2D eigenvalue weighted by Crippen LogP contribution is 2.37. The first-order valence-electron chi connectivity index (χ1n) is 5.38. The molecule has 7 heteroatoms. The largest absolute Gasteiger partial charge is 0.492 e. The number of nitrogens with zero attached hydrogens (tertiary/aromatic N) is 1. The zero-order chi connectivity index (χ0) is 13.8. The van der Waals surface area contributed by atoms with E-state index in [4.69, 9.17) is 4.84 Å². The average molecular weight is 291 g/mol. The van der Waals surface area contributed by atoms with Crippen LogP contribution in [0.25, 0.3) is 0 Å². The SMILES string of the molecule is CSSC(C)(C)CCC(=O)On1c(O)ccc1O. The van der Waals surface area contributed by atoms with Crippen molar-refractivity contribution < 1.29 is 19.8 Å². The van der Waals surface area contributed by atoms with Crippen LogP contribution in [0, 0.1) is 0 Å². The van der Waals surface area contributed by atoms with Crippen LogP contribution in [-0.2, 0) is 4.79 Å². The predicted molar refractivity (Wildman–Crippen MR) is 73.8 cm³/mol. The van der Waals surface area contributed by atoms with Crippen LogP contribution in [0.3, 0.4) is 0 Å². The molecule has 18 heavy (non-hydrogen) atoms. The number of hydrogen-bond acceptors (Lipinski definition) is 6. The van der Waals surface area contributed by atoms with Crippen molar-refractivity contribution >= 4 is 27.6 Å². The second kappa shape index (κ2) is 6.29. The maximum atomic E-state index is 11.6. The highest BCUT2D eigenvalue weighted by Gasteiger charge is 2.21. The van der Waals surface area contributed by atoms with Gasteiger partial charge in [0, 0.05) is 23.3 Å². The summed E-state index contributed by atoms with van der Waals surface area (Å²) >= 11 is 0. The van der Waals surface area contributed by atoms with Gasteiger partial charge in [0.2, 0.25) is 11.8 Å². The normalized spacial score (nSPS) is 11.5. The Kier molecular flexibility index (Phi) is 5.28. The molecule has 1 aromatic heterocycles. The van der Waals surface area contributed by atoms with Crippen LogP contribution < -0.4 is 4.84 Å². The molecule has 5 nitrogen and oxygen atoms in total. The molecule has 0 saturated carbocycles. The predicted octanol–water partition coefficient (Wildman–Crippen LogP) is 2.42. The molecule has 0 spiro atoms. The van der Waals surface area contributed by atoms with Crippen LogP contribution in [-0.4, -0.2) is 31.9 Å². The lowest BCUT2D eigenvalue weighted by Gasteiger charge is -2.21. The molecule has 0 unspecified atom stereocenters. The van der Waals surface area contributed by atoms with Gasteiger partial charge in [-0.15, -0.1) is 4.73 Å². The molecule has 0 saturated heterocycles. The number of aromatic nitrogens is 1. The van der Waals surface area contributed by atoms with Crippen LogP contribution in [0.15, 0.2) is 12.1 Å². The molecule has 0 bridgehead atoms. The summed E-state index contributed by atoms with van der Waals surface area (Å²) in [7, 11) is 3.34. The van der Waals surface area contributed by atoms with E-state index in [0.717, 1.165) is 0 Å². The molecule has 1 aromatic rings. The van der Waals surface area contributed by atoms with Crippen LogP contribution in [0.4, 0.5) is 0 Å². The molecule has 0 aliphatic heterocycles. The van der Waals surface area contributed by atoms with Gasteiger partial charge in [0.05, 0.1) is 0 Å². The van der Waals surface area contributed by atoms with Crippen molar-refractivity contribution in [2.75, 3.05) is 6.26 Å². The Labute approximate surface area is 114 Å². The molecule has 0 amide bonds. The zero-order valence-electron chi connectivity index (χ0n) is 10.5. The Morgan fingerprint density at radius 3 is 2.44 bits per heavy atom. The van der Waals surface area contributed by atoms with E-state index in [1.54, 1.807) is 21.6 Å². The van der Waals surface area contributed by atoms with Gasteiger partial charge < -0.3 is 15.1 Å². The summed E-state index contributed by atoms with van der Waals surface area (Å²) in [5, 5.41) is 18.6. The third-order valence-corrected chi connectivity index (χ3v) is 4.91. The summed E-state index contributed by atoms with van der Waals surface area (Å²) in [6, 6.07) is 2.49. The molecule has 102 valence electrons. The van der Waals surface area contributed by atoms with Gasteiger partial charge in [-0.3, -0.25) is 0 Å². The summed E-state index contributed by atoms with van der Waals surface area (Å²) in [6.45, 7) is 4.10. The van der Waals surface area contributed by atoms with E-state index in [9.17, 15) is 15.0 Å². The highest BCUT2D eigenvalue weighted by molar-refractivity contribution is 8.76. The summed E-state index contributed by atoms with van der Waals surface area (Å²) in [6.07, 6.45) is 2.86. The van der Waals surface area contributed by atoms with Crippen LogP contribution in [0.2, 0.25) is 0 Å². The molecule has 0 aliphatic rings. The fraction of sp³-hybridized carbons (Fsp3) is 0.545. The monoisotopic (exact) mass is 291 g/mol. The first-order valence-corrected chi connectivity index (χ1v) is 7.94. The van der Waals surface area contributed by atoms with E-state index in [1.165, 1.54) is 12.1 Å². The third-order valence-electron chi connectivity index (χ3n) is 2.23. The smallest absolute Gasteiger partial charge is 0.333 e. The number of aromatic hydroxyl groups is 2. The van der Waals surface area contributed by atoms with E-state index in [0.29, 0.717) is 11.2 Å². The molecule has 1 rings (SSSR count). The maximum Gasteiger partial charge on any atom is 0.333 e. The highest BCUT2D eigenvalue weighted by atomic mass is 33.1. The fourth-order valence-corrected chi connectivity index (χ4v) is 3.55. The zero-order valence-corrected chi connectivity index (χ0v) is 12.2. The quantitative estimate of drug-likeness (QED) is 0.784. The van der Waals surface area contributed by atoms with Crippen molar-refractivity contribution in [1.29, 1.82) is 0 Å². The summed E-state index contributed by atoms with van der Waals surface area (Å²) in [5.74, 6) is -1.11. The second-order valence-corrected chi connectivity index (χ2v) is 7.42. The van der Waals surface area contributed by atoms with Gasteiger partial charge in [0.1, 0.15) is 0 Å². The Balaban J connectivity index is 2.48. The lowest BCUT2D eigenvalue weighted by atomic mass is 10.1. The molecule has 0 atom stereocenters. The second-order valence-electron chi connectivity index (χ2n) is 4.32. The van der Waals surface area contributed by atoms with Crippen LogP contribution >= 0.6 is 21.6 Å². The summed E-state index contributed by atoms with van der Waals surface area (Å²) < 4.78 is 0.677. The molecule has 0 aromatic carbocycles. The van der Waals surface area contributed by atoms with Gasteiger partial charge in [0.25, 0.3) is 0 Å². The van der Waals surface area contributed by atoms with Gasteiger partial charge >= 0.3 is 5.97 Å². The first kappa shape index (κ1) is 15.1. The molecular formula is C11H17NO4S2. The fourth-order valence-electron chi connectivity index (χ4n) is 1.31. The van der Waals surface area contributed by atoms with Gasteiger partial charge in [-0.1, -0.05) is 21.6 Å². The minimum atomic E-state index is -0.494. The number of hydrogen-bond donors (Lipinski definition) is 2. The van der Waals surface area contributed by atoms with E-state index in [1.807, 2.05) is 20.1 Å². The topological polar surface area (TPSA) is 71.7 Å². The Morgan fingerprint density at radius 2 is 1.94 bits per heavy atom. The minimum Gasteiger partial charge on any atom is -0.492 e.